The van der Waals surface area contributed by atoms with Crippen molar-refractivity contribution in [2.45, 2.75) is 91.9 Å². The molecule has 2 aliphatic rings. The van der Waals surface area contributed by atoms with Crippen LogP contribution in [0.4, 0.5) is 0 Å². The van der Waals surface area contributed by atoms with Gasteiger partial charge in [0.2, 0.25) is 5.43 Å². The highest BCUT2D eigenvalue weighted by atomic mass is 79.9. The summed E-state index contributed by atoms with van der Waals surface area (Å²) in [6, 6.07) is 3.91. The maximum absolute atomic E-state index is 14.2. The number of esters is 2. The smallest absolute Gasteiger partial charge is 0.340 e. The predicted molar refractivity (Wildman–Crippen MR) is 176 cm³/mol. The van der Waals surface area contributed by atoms with Gasteiger partial charge in [-0.1, -0.05) is 41.5 Å². The molecule has 3 aromatic heterocycles. The van der Waals surface area contributed by atoms with E-state index in [1.165, 1.54) is 0 Å². The number of halogens is 1. The molecule has 0 fully saturated rings. The van der Waals surface area contributed by atoms with Gasteiger partial charge in [-0.15, -0.1) is 0 Å². The fourth-order valence-electron chi connectivity index (χ4n) is 6.35. The SMILES string of the molecule is CCOC(=O)c1c(CC)c2cc3nc(c(=O)c4[nH]c(cc5[nH]c(c(Br)c1[nH]2)CC5(C)C)c(CC)c4C(=O)OCC)CC3(C)C. The van der Waals surface area contributed by atoms with Crippen LogP contribution in [0.15, 0.2) is 21.4 Å². The van der Waals surface area contributed by atoms with Crippen LogP contribution in [0, 0.1) is 0 Å². The average molecular weight is 666 g/mol. The molecular formula is C34H41BrN4O5. The molecule has 0 unspecified atom stereocenters. The van der Waals surface area contributed by atoms with Crippen molar-refractivity contribution in [3.05, 3.63) is 71.9 Å². The molecule has 5 rings (SSSR count). The standard InChI is InChI=1S/C34H41BrN4O5/c1-9-17-19-13-24-34(7,8)16-22(37-24)30(40)29-26(32(42)44-12-4)18(10-2)20(39-29)14-23-33(5,6)15-21(36-23)27(35)28(38-19)25(17)31(41)43-11-3/h13-14,36,38-39H,9-12,15-16H2,1-8H3. The summed E-state index contributed by atoms with van der Waals surface area (Å²) < 4.78 is 11.7. The van der Waals surface area contributed by atoms with E-state index in [1.54, 1.807) is 13.8 Å². The van der Waals surface area contributed by atoms with E-state index in [9.17, 15) is 14.4 Å². The number of ether oxygens (including phenoxy) is 2. The summed E-state index contributed by atoms with van der Waals surface area (Å²) in [5.74, 6) is -0.925. The molecule has 0 amide bonds. The Morgan fingerprint density at radius 2 is 1.36 bits per heavy atom. The molecule has 0 saturated heterocycles. The fraction of sp³-hybridized carbons (Fsp3) is 0.471. The summed E-state index contributed by atoms with van der Waals surface area (Å²) in [4.78, 5) is 56.2. The topological polar surface area (TPSA) is 130 Å². The summed E-state index contributed by atoms with van der Waals surface area (Å²) in [6.45, 7) is 16.3. The number of carbonyl (C=O) groups excluding carboxylic acids is 2. The Morgan fingerprint density at radius 3 is 1.93 bits per heavy atom. The van der Waals surface area contributed by atoms with Gasteiger partial charge in [-0.2, -0.15) is 0 Å². The first-order chi connectivity index (χ1) is 20.8. The van der Waals surface area contributed by atoms with E-state index in [2.05, 4.69) is 44.7 Å². The van der Waals surface area contributed by atoms with Gasteiger partial charge in [-0.05, 0) is 72.3 Å². The van der Waals surface area contributed by atoms with E-state index in [4.69, 9.17) is 14.5 Å². The number of rotatable bonds is 6. The zero-order valence-corrected chi connectivity index (χ0v) is 28.3. The van der Waals surface area contributed by atoms with Crippen molar-refractivity contribution in [1.29, 1.82) is 0 Å². The molecule has 3 N–H and O–H groups in total. The van der Waals surface area contributed by atoms with Crippen molar-refractivity contribution in [3.63, 3.8) is 0 Å². The lowest BCUT2D eigenvalue weighted by Gasteiger charge is -2.16. The lowest BCUT2D eigenvalue weighted by atomic mass is 9.86. The Labute approximate surface area is 265 Å². The fourth-order valence-corrected chi connectivity index (χ4v) is 6.88. The first-order valence-electron chi connectivity index (χ1n) is 15.3. The minimum Gasteiger partial charge on any atom is -0.462 e. The van der Waals surface area contributed by atoms with Crippen molar-refractivity contribution in [2.24, 2.45) is 0 Å². The highest BCUT2D eigenvalue weighted by molar-refractivity contribution is 9.10. The second-order valence-electron chi connectivity index (χ2n) is 12.7. The van der Waals surface area contributed by atoms with E-state index in [1.807, 2.05) is 39.8 Å². The van der Waals surface area contributed by atoms with E-state index in [-0.39, 0.29) is 35.1 Å². The molecule has 10 heteroatoms. The van der Waals surface area contributed by atoms with Gasteiger partial charge in [0.1, 0.15) is 5.52 Å². The van der Waals surface area contributed by atoms with Crippen molar-refractivity contribution in [1.82, 2.24) is 19.9 Å². The van der Waals surface area contributed by atoms with Crippen molar-refractivity contribution >= 4 is 49.9 Å². The Balaban J connectivity index is 2.05. The molecule has 8 bridgehead atoms. The minimum absolute atomic E-state index is 0.195. The summed E-state index contributed by atoms with van der Waals surface area (Å²) in [5, 5.41) is 0. The Bertz CT molecular complexity index is 1890. The predicted octanol–water partition coefficient (Wildman–Crippen LogP) is 6.89. The van der Waals surface area contributed by atoms with Crippen LogP contribution in [0.1, 0.15) is 110 Å². The highest BCUT2D eigenvalue weighted by Crippen LogP contribution is 2.38. The Kier molecular flexibility index (Phi) is 8.44. The molecule has 44 heavy (non-hydrogen) atoms. The van der Waals surface area contributed by atoms with E-state index < -0.39 is 17.4 Å². The number of carbonyl (C=O) groups is 2. The zero-order chi connectivity index (χ0) is 32.1. The monoisotopic (exact) mass is 664 g/mol. The van der Waals surface area contributed by atoms with Gasteiger partial charge in [0.05, 0.1) is 40.0 Å². The molecule has 0 saturated carbocycles. The van der Waals surface area contributed by atoms with Gasteiger partial charge in [0.25, 0.3) is 0 Å². The van der Waals surface area contributed by atoms with E-state index in [0.29, 0.717) is 53.7 Å². The van der Waals surface area contributed by atoms with Gasteiger partial charge in [-0.3, -0.25) is 9.78 Å². The number of aryl methyl sites for hydroxylation is 2. The maximum Gasteiger partial charge on any atom is 0.340 e. The number of aromatic nitrogens is 4. The van der Waals surface area contributed by atoms with Crippen LogP contribution in [-0.2, 0) is 46.0 Å². The first-order valence-corrected chi connectivity index (χ1v) is 16.1. The molecule has 9 nitrogen and oxygen atoms in total. The lowest BCUT2D eigenvalue weighted by Crippen LogP contribution is -2.18. The molecule has 0 radical (unpaired) electrons. The largest absolute Gasteiger partial charge is 0.462 e. The van der Waals surface area contributed by atoms with Crippen LogP contribution in [0.25, 0.3) is 22.1 Å². The summed E-state index contributed by atoms with van der Waals surface area (Å²) in [5.41, 5.74) is 6.28. The second-order valence-corrected chi connectivity index (χ2v) is 13.5. The van der Waals surface area contributed by atoms with Crippen LogP contribution in [0.5, 0.6) is 0 Å². The molecule has 234 valence electrons. The normalized spacial score (nSPS) is 15.3. The Morgan fingerprint density at radius 1 is 0.818 bits per heavy atom. The van der Waals surface area contributed by atoms with Crippen LogP contribution >= 0.6 is 15.9 Å². The highest BCUT2D eigenvalue weighted by Gasteiger charge is 2.34. The quantitative estimate of drug-likeness (QED) is 0.246. The number of aromatic amines is 3. The molecule has 0 spiro atoms. The third-order valence-electron chi connectivity index (χ3n) is 8.67. The number of hydrogen-bond acceptors (Lipinski definition) is 6. The second kappa shape index (κ2) is 11.7. The maximum atomic E-state index is 14.2. The van der Waals surface area contributed by atoms with Gasteiger partial charge in [0.15, 0.2) is 0 Å². The average Bonchev–Trinajstić information content (AvgIpc) is 3.68. The number of nitrogens with one attached hydrogen (secondary N) is 3. The minimum atomic E-state index is -0.528. The van der Waals surface area contributed by atoms with Crippen LogP contribution in [0.2, 0.25) is 0 Å². The first kappa shape index (κ1) is 31.8. The third-order valence-corrected chi connectivity index (χ3v) is 9.55. The van der Waals surface area contributed by atoms with Crippen LogP contribution in [0.3, 0.4) is 0 Å². The van der Waals surface area contributed by atoms with Crippen LogP contribution < -0.4 is 5.43 Å². The number of hydrogen-bond donors (Lipinski definition) is 3. The Hall–Kier alpha value is -3.66. The van der Waals surface area contributed by atoms with E-state index >= 15 is 0 Å². The number of nitrogens with zero attached hydrogens (tertiary/aromatic N) is 1. The molecule has 5 heterocycles. The summed E-state index contributed by atoms with van der Waals surface area (Å²) >= 11 is 3.84. The molecule has 0 atom stereocenters. The van der Waals surface area contributed by atoms with Gasteiger partial charge in [0, 0.05) is 45.4 Å². The van der Waals surface area contributed by atoms with Crippen LogP contribution in [-0.4, -0.2) is 45.1 Å². The zero-order valence-electron chi connectivity index (χ0n) is 26.8. The molecule has 2 aliphatic heterocycles. The summed E-state index contributed by atoms with van der Waals surface area (Å²) in [7, 11) is 0. The van der Waals surface area contributed by atoms with Gasteiger partial charge in [-0.25, -0.2) is 9.59 Å². The van der Waals surface area contributed by atoms with Crippen molar-refractivity contribution in [2.75, 3.05) is 13.2 Å². The molecule has 0 aliphatic carbocycles. The van der Waals surface area contributed by atoms with Gasteiger partial charge >= 0.3 is 11.9 Å². The molecule has 3 aromatic rings. The van der Waals surface area contributed by atoms with E-state index in [0.717, 1.165) is 32.5 Å². The number of H-pyrrole nitrogens is 3. The summed E-state index contributed by atoms with van der Waals surface area (Å²) in [6.07, 6.45) is 2.13. The lowest BCUT2D eigenvalue weighted by molar-refractivity contribution is 0.0518. The number of fused-ring (bicyclic) bond motifs is 8. The molecule has 0 aromatic carbocycles. The van der Waals surface area contributed by atoms with Crippen molar-refractivity contribution < 1.29 is 19.1 Å². The van der Waals surface area contributed by atoms with Crippen molar-refractivity contribution in [3.8, 4) is 0 Å². The molecular weight excluding hydrogens is 624 g/mol. The van der Waals surface area contributed by atoms with Gasteiger partial charge < -0.3 is 24.4 Å². The third kappa shape index (κ3) is 5.31.